The van der Waals surface area contributed by atoms with Crippen LogP contribution in [0.25, 0.3) is 0 Å². The van der Waals surface area contributed by atoms with Gasteiger partial charge in [-0.25, -0.2) is 0 Å². The highest BCUT2D eigenvalue weighted by Crippen LogP contribution is 2.34. The first-order valence-corrected chi connectivity index (χ1v) is 11.3. The summed E-state index contributed by atoms with van der Waals surface area (Å²) < 4.78 is 16.9. The van der Waals surface area contributed by atoms with Gasteiger partial charge in [0.05, 0.1) is 12.3 Å². The third-order valence-electron chi connectivity index (χ3n) is 5.33. The Morgan fingerprint density at radius 1 is 0.971 bits per heavy atom. The summed E-state index contributed by atoms with van der Waals surface area (Å²) in [5.74, 6) is 1.70. The number of carbonyl (C=O) groups excluding carboxylic acids is 2. The molecule has 34 heavy (non-hydrogen) atoms. The van der Waals surface area contributed by atoms with Crippen molar-refractivity contribution in [2.45, 2.75) is 19.8 Å². The van der Waals surface area contributed by atoms with E-state index in [0.29, 0.717) is 36.0 Å². The highest BCUT2D eigenvalue weighted by molar-refractivity contribution is 5.99. The molecule has 0 unspecified atom stereocenters. The van der Waals surface area contributed by atoms with Crippen molar-refractivity contribution in [2.24, 2.45) is 0 Å². The fourth-order valence-electron chi connectivity index (χ4n) is 3.65. The molecule has 3 aromatic rings. The van der Waals surface area contributed by atoms with E-state index in [1.165, 1.54) is 0 Å². The maximum Gasteiger partial charge on any atom is 0.265 e. The van der Waals surface area contributed by atoms with Gasteiger partial charge in [0, 0.05) is 12.2 Å². The van der Waals surface area contributed by atoms with Gasteiger partial charge in [-0.3, -0.25) is 9.59 Å². The Labute approximate surface area is 199 Å². The second kappa shape index (κ2) is 11.2. The lowest BCUT2D eigenvalue weighted by Crippen LogP contribution is -2.39. The summed E-state index contributed by atoms with van der Waals surface area (Å²) >= 11 is 0. The molecule has 0 fully saturated rings. The monoisotopic (exact) mass is 460 g/mol. The van der Waals surface area contributed by atoms with E-state index in [1.807, 2.05) is 49.4 Å². The van der Waals surface area contributed by atoms with E-state index in [4.69, 9.17) is 14.2 Å². The van der Waals surface area contributed by atoms with Gasteiger partial charge in [-0.2, -0.15) is 0 Å². The smallest absolute Gasteiger partial charge is 0.265 e. The number of para-hydroxylation sites is 1. The number of anilines is 2. The summed E-state index contributed by atoms with van der Waals surface area (Å²) in [6, 6.07) is 22.4. The number of rotatable bonds is 10. The molecule has 0 radical (unpaired) electrons. The van der Waals surface area contributed by atoms with E-state index in [1.54, 1.807) is 35.2 Å². The van der Waals surface area contributed by atoms with Crippen molar-refractivity contribution in [1.29, 1.82) is 0 Å². The van der Waals surface area contributed by atoms with Gasteiger partial charge in [0.25, 0.3) is 11.8 Å². The number of nitrogens with one attached hydrogen (secondary N) is 1. The van der Waals surface area contributed by atoms with Crippen LogP contribution in [0.5, 0.6) is 17.2 Å². The maximum absolute atomic E-state index is 12.5. The van der Waals surface area contributed by atoms with Gasteiger partial charge >= 0.3 is 0 Å². The minimum absolute atomic E-state index is 0.00339. The van der Waals surface area contributed by atoms with E-state index >= 15 is 0 Å². The molecule has 1 N–H and O–H groups in total. The van der Waals surface area contributed by atoms with Crippen LogP contribution in [0.1, 0.15) is 18.4 Å². The third kappa shape index (κ3) is 6.28. The highest BCUT2D eigenvalue weighted by atomic mass is 16.5. The van der Waals surface area contributed by atoms with Gasteiger partial charge in [-0.15, -0.1) is 0 Å². The Morgan fingerprint density at radius 2 is 1.79 bits per heavy atom. The van der Waals surface area contributed by atoms with Gasteiger partial charge in [-0.1, -0.05) is 30.3 Å². The number of nitrogens with zero attached hydrogens (tertiary/aromatic N) is 1. The molecule has 0 aliphatic carbocycles. The van der Waals surface area contributed by atoms with Gasteiger partial charge < -0.3 is 24.4 Å². The van der Waals surface area contributed by atoms with Crippen molar-refractivity contribution in [3.63, 3.8) is 0 Å². The predicted molar refractivity (Wildman–Crippen MR) is 131 cm³/mol. The molecule has 0 bridgehead atoms. The molecule has 3 aromatic carbocycles. The van der Waals surface area contributed by atoms with E-state index in [0.717, 1.165) is 24.2 Å². The molecule has 4 rings (SSSR count). The summed E-state index contributed by atoms with van der Waals surface area (Å²) in [5, 5.41) is 2.82. The molecule has 1 aliphatic rings. The predicted octanol–water partition coefficient (Wildman–Crippen LogP) is 4.60. The van der Waals surface area contributed by atoms with E-state index in [-0.39, 0.29) is 25.0 Å². The van der Waals surface area contributed by atoms with Gasteiger partial charge in [0.2, 0.25) is 0 Å². The van der Waals surface area contributed by atoms with Crippen LogP contribution in [0.3, 0.4) is 0 Å². The van der Waals surface area contributed by atoms with Crippen LogP contribution in [-0.2, 0) is 9.59 Å². The number of ether oxygens (including phenoxy) is 3. The van der Waals surface area contributed by atoms with Gasteiger partial charge in [-0.05, 0) is 67.8 Å². The second-order valence-corrected chi connectivity index (χ2v) is 8.04. The summed E-state index contributed by atoms with van der Waals surface area (Å²) in [6.45, 7) is 3.04. The van der Waals surface area contributed by atoms with Crippen molar-refractivity contribution in [1.82, 2.24) is 0 Å². The Kier molecular flexibility index (Phi) is 7.65. The largest absolute Gasteiger partial charge is 0.494 e. The second-order valence-electron chi connectivity index (χ2n) is 8.04. The number of unbranched alkanes of at least 4 members (excludes halogenated alkanes) is 1. The number of fused-ring (bicyclic) bond motifs is 1. The molecular weight excluding hydrogens is 432 g/mol. The van der Waals surface area contributed by atoms with Crippen molar-refractivity contribution in [2.75, 3.05) is 36.6 Å². The average Bonchev–Trinajstić information content (AvgIpc) is 2.84. The Morgan fingerprint density at radius 3 is 2.62 bits per heavy atom. The zero-order chi connectivity index (χ0) is 23.8. The minimum Gasteiger partial charge on any atom is -0.494 e. The summed E-state index contributed by atoms with van der Waals surface area (Å²) in [5.41, 5.74) is 2.38. The Hall–Kier alpha value is -4.00. The van der Waals surface area contributed by atoms with Gasteiger partial charge in [0.15, 0.2) is 13.2 Å². The molecule has 0 aromatic heterocycles. The number of aryl methyl sites for hydroxylation is 1. The first-order chi connectivity index (χ1) is 16.6. The van der Waals surface area contributed by atoms with Crippen LogP contribution in [-0.4, -0.2) is 38.2 Å². The normalized spacial score (nSPS) is 12.5. The third-order valence-corrected chi connectivity index (χ3v) is 5.33. The average molecular weight is 461 g/mol. The lowest BCUT2D eigenvalue weighted by Gasteiger charge is -2.30. The molecule has 1 heterocycles. The molecule has 176 valence electrons. The molecule has 2 amide bonds. The van der Waals surface area contributed by atoms with Crippen LogP contribution in [0, 0.1) is 6.92 Å². The number of carbonyl (C=O) groups is 2. The first-order valence-electron chi connectivity index (χ1n) is 11.3. The minimum atomic E-state index is -0.285. The standard InChI is InChI=1S/C27H28N2O5/c1-20-8-7-11-23(16-20)32-15-6-5-14-29-24-17-21(12-13-25(24)34-19-27(29)31)28-26(30)18-33-22-9-3-2-4-10-22/h2-4,7-13,16-17H,5-6,14-15,18-19H2,1H3,(H,28,30). The van der Waals surface area contributed by atoms with Crippen molar-refractivity contribution < 1.29 is 23.8 Å². The zero-order valence-corrected chi connectivity index (χ0v) is 19.2. The van der Waals surface area contributed by atoms with Crippen LogP contribution < -0.4 is 24.4 Å². The number of hydrogen-bond donors (Lipinski definition) is 1. The summed E-state index contributed by atoms with van der Waals surface area (Å²) in [6.07, 6.45) is 1.58. The lowest BCUT2D eigenvalue weighted by molar-refractivity contribution is -0.121. The fraction of sp³-hybridized carbons (Fsp3) is 0.259. The van der Waals surface area contributed by atoms with E-state index in [9.17, 15) is 9.59 Å². The zero-order valence-electron chi connectivity index (χ0n) is 19.2. The number of benzene rings is 3. The maximum atomic E-state index is 12.5. The van der Waals surface area contributed by atoms with E-state index in [2.05, 4.69) is 5.32 Å². The Balaban J connectivity index is 1.31. The van der Waals surface area contributed by atoms with Crippen LogP contribution in [0.4, 0.5) is 11.4 Å². The lowest BCUT2D eigenvalue weighted by atomic mass is 10.2. The SMILES string of the molecule is Cc1cccc(OCCCCN2C(=O)COc3ccc(NC(=O)COc4ccccc4)cc32)c1. The molecule has 7 nitrogen and oxygen atoms in total. The van der Waals surface area contributed by atoms with Crippen LogP contribution in [0.15, 0.2) is 72.8 Å². The van der Waals surface area contributed by atoms with E-state index < -0.39 is 0 Å². The van der Waals surface area contributed by atoms with Gasteiger partial charge in [0.1, 0.15) is 17.2 Å². The highest BCUT2D eigenvalue weighted by Gasteiger charge is 2.25. The fourth-order valence-corrected chi connectivity index (χ4v) is 3.65. The molecule has 1 aliphatic heterocycles. The quantitative estimate of drug-likeness (QED) is 0.448. The van der Waals surface area contributed by atoms with Crippen molar-refractivity contribution in [3.8, 4) is 17.2 Å². The molecule has 7 heteroatoms. The number of amides is 2. The molecule has 0 spiro atoms. The first kappa shape index (κ1) is 23.2. The van der Waals surface area contributed by atoms with Crippen LogP contribution in [0.2, 0.25) is 0 Å². The molecular formula is C27H28N2O5. The summed E-state index contributed by atoms with van der Waals surface area (Å²) in [7, 11) is 0. The van der Waals surface area contributed by atoms with Crippen molar-refractivity contribution in [3.05, 3.63) is 78.4 Å². The Bertz CT molecular complexity index is 1130. The molecule has 0 atom stereocenters. The molecule has 0 saturated carbocycles. The summed E-state index contributed by atoms with van der Waals surface area (Å²) in [4.78, 5) is 26.6. The molecule has 0 saturated heterocycles. The van der Waals surface area contributed by atoms with Crippen molar-refractivity contribution >= 4 is 23.2 Å². The number of hydrogen-bond acceptors (Lipinski definition) is 5. The van der Waals surface area contributed by atoms with Crippen LogP contribution >= 0.6 is 0 Å². The topological polar surface area (TPSA) is 77.1 Å².